The molecule has 2 N–H and O–H groups in total. The van der Waals surface area contributed by atoms with Gasteiger partial charge in [0.25, 0.3) is 5.91 Å². The average Bonchev–Trinajstić information content (AvgIpc) is 2.05. The molecule has 1 atom stereocenters. The van der Waals surface area contributed by atoms with Crippen LogP contribution in [0.4, 0.5) is 0 Å². The lowest BCUT2D eigenvalue weighted by molar-refractivity contribution is -0.141. The van der Waals surface area contributed by atoms with Crippen molar-refractivity contribution in [3.63, 3.8) is 0 Å². The van der Waals surface area contributed by atoms with E-state index in [-0.39, 0.29) is 23.8 Å². The lowest BCUT2D eigenvalue weighted by atomic mass is 10.1. The smallest absolute Gasteiger partial charge is 0.265 e. The summed E-state index contributed by atoms with van der Waals surface area (Å²) in [6.45, 7) is 0. The minimum atomic E-state index is -3.30. The maximum absolute atomic E-state index is 11.4. The first-order chi connectivity index (χ1) is 6.43. The fourth-order valence-corrected chi connectivity index (χ4v) is 3.15. The molecule has 0 saturated carbocycles. The number of hydrogen-bond donors (Lipinski definition) is 1. The molecule has 0 aromatic heterocycles. The zero-order valence-corrected chi connectivity index (χ0v) is 7.95. The molecule has 0 aliphatic carbocycles. The highest BCUT2D eigenvalue weighted by Gasteiger charge is 2.49. The van der Waals surface area contributed by atoms with Gasteiger partial charge in [0.2, 0.25) is 5.91 Å². The van der Waals surface area contributed by atoms with Gasteiger partial charge in [0.1, 0.15) is 11.1 Å². The second kappa shape index (κ2) is 2.57. The summed E-state index contributed by atoms with van der Waals surface area (Å²) >= 11 is 0. The summed E-state index contributed by atoms with van der Waals surface area (Å²) in [6, 6.07) is 0. The van der Waals surface area contributed by atoms with Crippen LogP contribution in [-0.4, -0.2) is 36.3 Å². The van der Waals surface area contributed by atoms with Crippen molar-refractivity contribution in [2.24, 2.45) is 5.73 Å². The van der Waals surface area contributed by atoms with Gasteiger partial charge in [0.05, 0.1) is 12.2 Å². The van der Waals surface area contributed by atoms with Gasteiger partial charge in [-0.3, -0.25) is 14.5 Å². The highest BCUT2D eigenvalue weighted by atomic mass is 32.2. The van der Waals surface area contributed by atoms with Crippen LogP contribution in [0.1, 0.15) is 6.42 Å². The van der Waals surface area contributed by atoms with E-state index in [0.29, 0.717) is 0 Å². The highest BCUT2D eigenvalue weighted by molar-refractivity contribution is 7.92. The van der Waals surface area contributed by atoms with Crippen molar-refractivity contribution in [3.05, 3.63) is 11.8 Å². The third kappa shape index (κ3) is 1.05. The zero-order chi connectivity index (χ0) is 10.5. The molecule has 6 nitrogen and oxygen atoms in total. The highest BCUT2D eigenvalue weighted by Crippen LogP contribution is 2.32. The first kappa shape index (κ1) is 9.20. The molecule has 0 spiro atoms. The number of sulfone groups is 1. The normalized spacial score (nSPS) is 28.9. The Labute approximate surface area is 80.3 Å². The monoisotopic (exact) mass is 216 g/mol. The third-order valence-corrected chi connectivity index (χ3v) is 4.18. The van der Waals surface area contributed by atoms with E-state index in [2.05, 4.69) is 0 Å². The van der Waals surface area contributed by atoms with Gasteiger partial charge in [-0.25, -0.2) is 8.42 Å². The van der Waals surface area contributed by atoms with Gasteiger partial charge in [0, 0.05) is 0 Å². The predicted molar refractivity (Wildman–Crippen MR) is 46.3 cm³/mol. The van der Waals surface area contributed by atoms with E-state index in [1.54, 1.807) is 0 Å². The number of nitrogens with zero attached hydrogens (tertiary/aromatic N) is 1. The van der Waals surface area contributed by atoms with Crippen molar-refractivity contribution < 1.29 is 18.0 Å². The van der Waals surface area contributed by atoms with E-state index in [9.17, 15) is 18.0 Å². The number of nitrogens with two attached hydrogens (primary N) is 1. The van der Waals surface area contributed by atoms with Crippen LogP contribution in [-0.2, 0) is 19.4 Å². The quantitative estimate of drug-likeness (QED) is 0.530. The van der Waals surface area contributed by atoms with Crippen LogP contribution in [0.2, 0.25) is 0 Å². The van der Waals surface area contributed by atoms with Gasteiger partial charge in [-0.05, 0) is 6.08 Å². The minimum absolute atomic E-state index is 0.000995. The zero-order valence-electron chi connectivity index (χ0n) is 7.13. The number of fused-ring (bicyclic) bond motifs is 1. The van der Waals surface area contributed by atoms with E-state index in [1.807, 2.05) is 0 Å². The summed E-state index contributed by atoms with van der Waals surface area (Å²) in [5.74, 6) is -1.36. The van der Waals surface area contributed by atoms with E-state index in [4.69, 9.17) is 5.73 Å². The Bertz CT molecular complexity index is 450. The number of primary amides is 1. The molecule has 2 amide bonds. The van der Waals surface area contributed by atoms with E-state index in [1.165, 1.54) is 6.08 Å². The molecule has 2 aliphatic rings. The molecule has 1 fully saturated rings. The fourth-order valence-electron chi connectivity index (χ4n) is 1.59. The number of amides is 2. The topological polar surface area (TPSA) is 97.5 Å². The predicted octanol–water partition coefficient (Wildman–Crippen LogP) is -1.66. The minimum Gasteiger partial charge on any atom is -0.364 e. The Morgan fingerprint density at radius 2 is 2.21 bits per heavy atom. The molecule has 2 rings (SSSR count). The summed E-state index contributed by atoms with van der Waals surface area (Å²) in [7, 11) is -3.30. The van der Waals surface area contributed by atoms with Crippen molar-refractivity contribution in [1.29, 1.82) is 0 Å². The van der Waals surface area contributed by atoms with Crippen LogP contribution in [0.25, 0.3) is 0 Å². The van der Waals surface area contributed by atoms with Crippen molar-refractivity contribution in [2.75, 3.05) is 5.75 Å². The third-order valence-electron chi connectivity index (χ3n) is 2.34. The maximum Gasteiger partial charge on any atom is 0.265 e. The Morgan fingerprint density at radius 3 is 2.71 bits per heavy atom. The molecule has 0 radical (unpaired) electrons. The largest absolute Gasteiger partial charge is 0.364 e. The molecule has 2 aliphatic heterocycles. The summed E-state index contributed by atoms with van der Waals surface area (Å²) < 4.78 is 22.7. The SMILES string of the molecule is NC(=O)C1=CCS(=O)(=O)[C@H]2CC(=O)N12. The molecule has 2 heterocycles. The van der Waals surface area contributed by atoms with Gasteiger partial charge >= 0.3 is 0 Å². The molecular weight excluding hydrogens is 208 g/mol. The first-order valence-electron chi connectivity index (χ1n) is 3.97. The van der Waals surface area contributed by atoms with E-state index in [0.717, 1.165) is 4.90 Å². The number of rotatable bonds is 1. The molecule has 0 aromatic rings. The molecule has 76 valence electrons. The Hall–Kier alpha value is -1.37. The number of carbonyl (C=O) groups is 2. The molecular formula is C7H8N2O4S. The molecule has 14 heavy (non-hydrogen) atoms. The van der Waals surface area contributed by atoms with Crippen molar-refractivity contribution in [2.45, 2.75) is 11.8 Å². The van der Waals surface area contributed by atoms with E-state index < -0.39 is 21.1 Å². The molecule has 0 unspecified atom stereocenters. The number of β-lactam (4-membered cyclic amide) rings is 1. The summed E-state index contributed by atoms with van der Waals surface area (Å²) in [5.41, 5.74) is 5.01. The maximum atomic E-state index is 11.4. The van der Waals surface area contributed by atoms with Crippen LogP contribution >= 0.6 is 0 Å². The van der Waals surface area contributed by atoms with Gasteiger partial charge in [0.15, 0.2) is 9.84 Å². The molecule has 1 saturated heterocycles. The van der Waals surface area contributed by atoms with Crippen molar-refractivity contribution in [1.82, 2.24) is 4.90 Å². The van der Waals surface area contributed by atoms with Crippen LogP contribution in [0.15, 0.2) is 11.8 Å². The average molecular weight is 216 g/mol. The van der Waals surface area contributed by atoms with Crippen LogP contribution in [0, 0.1) is 0 Å². The van der Waals surface area contributed by atoms with Crippen LogP contribution in [0.5, 0.6) is 0 Å². The van der Waals surface area contributed by atoms with Gasteiger partial charge in [-0.15, -0.1) is 0 Å². The first-order valence-corrected chi connectivity index (χ1v) is 5.68. The Morgan fingerprint density at radius 1 is 1.57 bits per heavy atom. The molecule has 0 bridgehead atoms. The van der Waals surface area contributed by atoms with Crippen LogP contribution < -0.4 is 5.73 Å². The Kier molecular flexibility index (Phi) is 1.69. The summed E-state index contributed by atoms with van der Waals surface area (Å²) in [5, 5.41) is -0.873. The standard InChI is InChI=1S/C7H8N2O4S/c8-7(11)4-1-2-14(12,13)6-3-5(10)9(4)6/h1,6H,2-3H2,(H2,8,11)/t6-/m0/s1. The molecule has 0 aromatic carbocycles. The fraction of sp³-hybridized carbons (Fsp3) is 0.429. The van der Waals surface area contributed by atoms with Gasteiger partial charge < -0.3 is 5.73 Å². The second-order valence-corrected chi connectivity index (χ2v) is 5.41. The van der Waals surface area contributed by atoms with Gasteiger partial charge in [-0.2, -0.15) is 0 Å². The van der Waals surface area contributed by atoms with Crippen molar-refractivity contribution >= 4 is 21.7 Å². The lowest BCUT2D eigenvalue weighted by Gasteiger charge is -2.42. The molecule has 7 heteroatoms. The lowest BCUT2D eigenvalue weighted by Crippen LogP contribution is -2.59. The summed E-state index contributed by atoms with van der Waals surface area (Å²) in [4.78, 5) is 22.9. The van der Waals surface area contributed by atoms with Gasteiger partial charge in [-0.1, -0.05) is 0 Å². The number of hydrogen-bond acceptors (Lipinski definition) is 4. The number of carbonyl (C=O) groups excluding carboxylic acids is 2. The second-order valence-electron chi connectivity index (χ2n) is 3.21. The Balaban J connectivity index is 2.45. The van der Waals surface area contributed by atoms with Crippen molar-refractivity contribution in [3.8, 4) is 0 Å². The van der Waals surface area contributed by atoms with Crippen LogP contribution in [0.3, 0.4) is 0 Å². The van der Waals surface area contributed by atoms with E-state index >= 15 is 0 Å². The summed E-state index contributed by atoms with van der Waals surface area (Å²) in [6.07, 6.45) is 1.14.